The number of para-hydroxylation sites is 1. The molecule has 1 saturated heterocycles. The number of hydrogen-bond acceptors (Lipinski definition) is 4. The van der Waals surface area contributed by atoms with Crippen molar-refractivity contribution in [1.82, 2.24) is 9.88 Å². The number of benzene rings is 2. The maximum atomic E-state index is 13.3. The zero-order chi connectivity index (χ0) is 22.9. The summed E-state index contributed by atoms with van der Waals surface area (Å²) in [6.07, 6.45) is 3.73. The number of rotatable bonds is 6. The molecule has 0 spiro atoms. The van der Waals surface area contributed by atoms with Crippen LogP contribution in [-0.4, -0.2) is 40.2 Å². The monoisotopic (exact) mass is 461 g/mol. The molecular formula is C25H20ClN3O4. The number of furan rings is 1. The Labute approximate surface area is 194 Å². The number of imide groups is 1. The highest BCUT2D eigenvalue weighted by Gasteiger charge is 2.44. The molecule has 0 saturated carbocycles. The summed E-state index contributed by atoms with van der Waals surface area (Å²) in [6, 6.07) is 16.6. The normalized spacial score (nSPS) is 16.0. The Hall–Kier alpha value is -3.84. The third-order valence-corrected chi connectivity index (χ3v) is 6.13. The van der Waals surface area contributed by atoms with Crippen LogP contribution in [-0.2, 0) is 16.0 Å². The quantitative estimate of drug-likeness (QED) is 0.430. The van der Waals surface area contributed by atoms with Gasteiger partial charge in [-0.25, -0.2) is 4.90 Å². The van der Waals surface area contributed by atoms with Crippen LogP contribution in [0.2, 0.25) is 5.02 Å². The molecule has 2 aromatic carbocycles. The highest BCUT2D eigenvalue weighted by atomic mass is 35.5. The molecule has 33 heavy (non-hydrogen) atoms. The number of amides is 3. The van der Waals surface area contributed by atoms with Crippen LogP contribution in [0, 0.1) is 0 Å². The van der Waals surface area contributed by atoms with E-state index in [1.807, 2.05) is 30.5 Å². The van der Waals surface area contributed by atoms with Crippen molar-refractivity contribution in [2.45, 2.75) is 18.9 Å². The molecule has 166 valence electrons. The lowest BCUT2D eigenvalue weighted by atomic mass is 10.1. The summed E-state index contributed by atoms with van der Waals surface area (Å²) >= 11 is 5.95. The topological polar surface area (TPSA) is 86.6 Å². The summed E-state index contributed by atoms with van der Waals surface area (Å²) in [7, 11) is 0. The predicted molar refractivity (Wildman–Crippen MR) is 124 cm³/mol. The van der Waals surface area contributed by atoms with Gasteiger partial charge >= 0.3 is 0 Å². The molecule has 1 aliphatic heterocycles. The van der Waals surface area contributed by atoms with E-state index in [1.165, 1.54) is 11.2 Å². The van der Waals surface area contributed by atoms with Gasteiger partial charge in [-0.1, -0.05) is 29.8 Å². The maximum absolute atomic E-state index is 13.3. The first-order valence-corrected chi connectivity index (χ1v) is 10.9. The summed E-state index contributed by atoms with van der Waals surface area (Å²) in [5.74, 6) is -1.11. The van der Waals surface area contributed by atoms with E-state index >= 15 is 0 Å². The average Bonchev–Trinajstić information content (AvgIpc) is 3.55. The number of nitrogens with one attached hydrogen (secondary N) is 1. The lowest BCUT2D eigenvalue weighted by Gasteiger charge is -2.27. The Bertz CT molecular complexity index is 1330. The van der Waals surface area contributed by atoms with Gasteiger partial charge in [-0.15, -0.1) is 0 Å². The molecule has 4 aromatic rings. The Morgan fingerprint density at radius 3 is 2.64 bits per heavy atom. The number of aromatic amines is 1. The molecular weight excluding hydrogens is 442 g/mol. The minimum atomic E-state index is -0.920. The van der Waals surface area contributed by atoms with E-state index in [-0.39, 0.29) is 24.6 Å². The van der Waals surface area contributed by atoms with Crippen molar-refractivity contribution in [3.8, 4) is 0 Å². The van der Waals surface area contributed by atoms with Crippen LogP contribution in [0.5, 0.6) is 0 Å². The third kappa shape index (κ3) is 3.91. The number of aromatic nitrogens is 1. The fourth-order valence-corrected chi connectivity index (χ4v) is 4.37. The molecule has 1 unspecified atom stereocenters. The van der Waals surface area contributed by atoms with Gasteiger partial charge in [0.05, 0.1) is 18.4 Å². The van der Waals surface area contributed by atoms with E-state index < -0.39 is 17.9 Å². The molecule has 7 nitrogen and oxygen atoms in total. The number of carbonyl (C=O) groups excluding carboxylic acids is 3. The molecule has 1 aliphatic rings. The minimum absolute atomic E-state index is 0.0954. The molecule has 3 heterocycles. The number of carbonyl (C=O) groups is 3. The largest absolute Gasteiger partial charge is 0.459 e. The maximum Gasteiger partial charge on any atom is 0.290 e. The van der Waals surface area contributed by atoms with Gasteiger partial charge in [0.2, 0.25) is 5.91 Å². The molecule has 1 N–H and O–H groups in total. The summed E-state index contributed by atoms with van der Waals surface area (Å²) in [5, 5.41) is 1.56. The van der Waals surface area contributed by atoms with Crippen LogP contribution in [0.4, 0.5) is 5.69 Å². The molecule has 3 amide bonds. The van der Waals surface area contributed by atoms with Gasteiger partial charge in [-0.05, 0) is 54.4 Å². The minimum Gasteiger partial charge on any atom is -0.459 e. The van der Waals surface area contributed by atoms with Crippen molar-refractivity contribution in [2.75, 3.05) is 11.4 Å². The number of halogens is 1. The second kappa shape index (κ2) is 8.60. The SMILES string of the molecule is O=C1CC(N(CCc2c[nH]c3ccccc23)C(=O)c2ccco2)C(=O)N1c1ccc(Cl)cc1. The fraction of sp³-hybridized carbons (Fsp3) is 0.160. The molecule has 0 aliphatic carbocycles. The smallest absolute Gasteiger partial charge is 0.290 e. The lowest BCUT2D eigenvalue weighted by molar-refractivity contribution is -0.122. The summed E-state index contributed by atoms with van der Waals surface area (Å²) in [4.78, 5) is 45.2. The lowest BCUT2D eigenvalue weighted by Crippen LogP contribution is -2.46. The van der Waals surface area contributed by atoms with Crippen molar-refractivity contribution < 1.29 is 18.8 Å². The van der Waals surface area contributed by atoms with Crippen LogP contribution in [0.25, 0.3) is 10.9 Å². The molecule has 0 radical (unpaired) electrons. The van der Waals surface area contributed by atoms with E-state index in [2.05, 4.69) is 4.98 Å². The van der Waals surface area contributed by atoms with Gasteiger partial charge in [0.1, 0.15) is 6.04 Å². The van der Waals surface area contributed by atoms with Crippen molar-refractivity contribution in [3.63, 3.8) is 0 Å². The summed E-state index contributed by atoms with van der Waals surface area (Å²) < 4.78 is 5.31. The van der Waals surface area contributed by atoms with E-state index in [9.17, 15) is 14.4 Å². The van der Waals surface area contributed by atoms with Gasteiger partial charge in [0, 0.05) is 28.7 Å². The van der Waals surface area contributed by atoms with Crippen LogP contribution >= 0.6 is 11.6 Å². The zero-order valence-corrected chi connectivity index (χ0v) is 18.3. The van der Waals surface area contributed by atoms with E-state index in [4.69, 9.17) is 16.0 Å². The summed E-state index contributed by atoms with van der Waals surface area (Å²) in [6.45, 7) is 0.250. The van der Waals surface area contributed by atoms with Gasteiger partial charge < -0.3 is 14.3 Å². The fourth-order valence-electron chi connectivity index (χ4n) is 4.24. The third-order valence-electron chi connectivity index (χ3n) is 5.87. The van der Waals surface area contributed by atoms with E-state index in [0.717, 1.165) is 21.4 Å². The van der Waals surface area contributed by atoms with Crippen LogP contribution in [0.15, 0.2) is 77.5 Å². The Balaban J connectivity index is 1.44. The van der Waals surface area contributed by atoms with Crippen molar-refractivity contribution in [2.24, 2.45) is 0 Å². The van der Waals surface area contributed by atoms with Gasteiger partial charge in [0.25, 0.3) is 11.8 Å². The number of H-pyrrole nitrogens is 1. The predicted octanol–water partition coefficient (Wildman–Crippen LogP) is 4.43. The standard InChI is InChI=1S/C25H20ClN3O4/c26-17-7-9-18(10-8-17)29-23(30)14-21(24(29)31)28(25(32)22-6-3-13-33-22)12-11-16-15-27-20-5-2-1-4-19(16)20/h1-10,13,15,21,27H,11-12,14H2. The van der Waals surface area contributed by atoms with Crippen LogP contribution < -0.4 is 4.90 Å². The Kier molecular flexibility index (Phi) is 5.48. The molecule has 1 fully saturated rings. The molecule has 0 bridgehead atoms. The van der Waals surface area contributed by atoms with Crippen molar-refractivity contribution in [1.29, 1.82) is 0 Å². The van der Waals surface area contributed by atoms with E-state index in [0.29, 0.717) is 17.1 Å². The number of nitrogens with zero attached hydrogens (tertiary/aromatic N) is 2. The second-order valence-electron chi connectivity index (χ2n) is 7.85. The molecule has 5 rings (SSSR count). The average molecular weight is 462 g/mol. The number of hydrogen-bond donors (Lipinski definition) is 1. The first-order chi connectivity index (χ1) is 16.0. The van der Waals surface area contributed by atoms with Gasteiger partial charge in [-0.2, -0.15) is 0 Å². The molecule has 8 heteroatoms. The number of fused-ring (bicyclic) bond motifs is 1. The molecule has 2 aromatic heterocycles. The summed E-state index contributed by atoms with van der Waals surface area (Å²) in [5.41, 5.74) is 2.45. The first-order valence-electron chi connectivity index (χ1n) is 10.5. The Morgan fingerprint density at radius 2 is 1.88 bits per heavy atom. The number of anilines is 1. The van der Waals surface area contributed by atoms with Crippen molar-refractivity contribution in [3.05, 3.63) is 89.5 Å². The highest BCUT2D eigenvalue weighted by molar-refractivity contribution is 6.31. The Morgan fingerprint density at radius 1 is 1.09 bits per heavy atom. The van der Waals surface area contributed by atoms with E-state index in [1.54, 1.807) is 36.4 Å². The first kappa shape index (κ1) is 21.0. The highest BCUT2D eigenvalue weighted by Crippen LogP contribution is 2.28. The van der Waals surface area contributed by atoms with Crippen molar-refractivity contribution >= 4 is 45.9 Å². The zero-order valence-electron chi connectivity index (χ0n) is 17.5. The molecule has 1 atom stereocenters. The van der Waals surface area contributed by atoms with Crippen LogP contribution in [0.1, 0.15) is 22.5 Å². The van der Waals surface area contributed by atoms with Gasteiger partial charge in [-0.3, -0.25) is 14.4 Å². The van der Waals surface area contributed by atoms with Crippen LogP contribution in [0.3, 0.4) is 0 Å². The second-order valence-corrected chi connectivity index (χ2v) is 8.29. The van der Waals surface area contributed by atoms with Gasteiger partial charge in [0.15, 0.2) is 5.76 Å².